The van der Waals surface area contributed by atoms with Gasteiger partial charge in [-0.05, 0) is 59.5 Å². The topological polar surface area (TPSA) is 80.3 Å². The molecule has 0 bridgehead atoms. The fourth-order valence-corrected chi connectivity index (χ4v) is 3.81. The van der Waals surface area contributed by atoms with Crippen LogP contribution in [0.1, 0.15) is 37.6 Å². The Morgan fingerprint density at radius 2 is 1.97 bits per heavy atom. The van der Waals surface area contributed by atoms with E-state index in [4.69, 9.17) is 4.74 Å². The van der Waals surface area contributed by atoms with E-state index in [2.05, 4.69) is 45.4 Å². The molecule has 0 aliphatic carbocycles. The molecule has 1 heterocycles. The Morgan fingerprint density at radius 3 is 2.62 bits per heavy atom. The lowest BCUT2D eigenvalue weighted by Gasteiger charge is -2.21. The Balaban J connectivity index is 2.05. The molecule has 0 aliphatic heterocycles. The number of hydrogen-bond donors (Lipinski definition) is 2. The number of carbonyl (C=O) groups excluding carboxylic acids is 2. The van der Waals surface area contributed by atoms with E-state index < -0.39 is 6.09 Å². The van der Waals surface area contributed by atoms with Gasteiger partial charge in [0.2, 0.25) is 0 Å². The molecule has 0 saturated carbocycles. The molecule has 2 aromatic rings. The molecule has 2 N–H and O–H groups in total. The summed E-state index contributed by atoms with van der Waals surface area (Å²) in [5, 5.41) is 6.56. The Bertz CT molecular complexity index is 815. The molecule has 1 aromatic carbocycles. The third-order valence-electron chi connectivity index (χ3n) is 3.91. The van der Waals surface area contributed by atoms with Gasteiger partial charge in [0.05, 0.1) is 12.2 Å². The summed E-state index contributed by atoms with van der Waals surface area (Å²) in [7, 11) is 0. The molecule has 0 fully saturated rings. The Hall–Kier alpha value is -2.06. The minimum absolute atomic E-state index is 0.190. The molecule has 156 valence electrons. The van der Waals surface area contributed by atoms with Crippen LogP contribution >= 0.6 is 27.7 Å². The lowest BCUT2D eigenvalue weighted by molar-refractivity contribution is 0.0941. The summed E-state index contributed by atoms with van der Waals surface area (Å²) < 4.78 is 5.86. The number of nitrogens with zero attached hydrogens (tertiary/aromatic N) is 1. The van der Waals surface area contributed by atoms with Crippen LogP contribution in [0.25, 0.3) is 0 Å². The largest absolute Gasteiger partial charge is 0.450 e. The summed E-state index contributed by atoms with van der Waals surface area (Å²) in [6.07, 6.45) is 1.99. The number of halogens is 1. The van der Waals surface area contributed by atoms with Crippen LogP contribution in [0.5, 0.6) is 0 Å². The average molecular weight is 480 g/mol. The molecule has 8 heteroatoms. The van der Waals surface area contributed by atoms with Gasteiger partial charge in [-0.3, -0.25) is 4.79 Å². The minimum atomic E-state index is -0.468. The van der Waals surface area contributed by atoms with E-state index in [-0.39, 0.29) is 11.9 Å². The summed E-state index contributed by atoms with van der Waals surface area (Å²) >= 11 is 4.80. The van der Waals surface area contributed by atoms with Crippen LogP contribution in [-0.4, -0.2) is 36.2 Å². The van der Waals surface area contributed by atoms with E-state index in [1.165, 1.54) is 11.8 Å². The Kier molecular flexibility index (Phi) is 9.47. The first-order valence-corrected chi connectivity index (χ1v) is 11.1. The van der Waals surface area contributed by atoms with Crippen molar-refractivity contribution in [1.82, 2.24) is 15.6 Å². The Labute approximate surface area is 184 Å². The van der Waals surface area contributed by atoms with Gasteiger partial charge in [0.1, 0.15) is 5.03 Å². The second kappa shape index (κ2) is 11.8. The molecule has 0 spiro atoms. The monoisotopic (exact) mass is 479 g/mol. The number of pyridine rings is 1. The zero-order valence-corrected chi connectivity index (χ0v) is 19.2. The van der Waals surface area contributed by atoms with Gasteiger partial charge in [-0.25, -0.2) is 9.78 Å². The van der Waals surface area contributed by atoms with Gasteiger partial charge in [0.15, 0.2) is 0 Å². The number of alkyl carbamates (subject to hydrolysis) is 1. The molecule has 29 heavy (non-hydrogen) atoms. The summed E-state index contributed by atoms with van der Waals surface area (Å²) in [4.78, 5) is 29.8. The highest BCUT2D eigenvalue weighted by Gasteiger charge is 2.18. The zero-order valence-electron chi connectivity index (χ0n) is 16.8. The third-order valence-corrected chi connectivity index (χ3v) is 5.40. The van der Waals surface area contributed by atoms with E-state index in [9.17, 15) is 9.59 Å². The van der Waals surface area contributed by atoms with Crippen molar-refractivity contribution in [1.29, 1.82) is 0 Å². The van der Waals surface area contributed by atoms with Crippen LogP contribution in [0.3, 0.4) is 0 Å². The smallest absolute Gasteiger partial charge is 0.407 e. The van der Waals surface area contributed by atoms with Gasteiger partial charge in [-0.2, -0.15) is 0 Å². The highest BCUT2D eigenvalue weighted by atomic mass is 79.9. The third kappa shape index (κ3) is 8.06. The molecule has 0 saturated heterocycles. The molecule has 0 radical (unpaired) electrons. The number of rotatable bonds is 9. The van der Waals surface area contributed by atoms with Crippen LogP contribution < -0.4 is 10.6 Å². The van der Waals surface area contributed by atoms with Crippen LogP contribution in [0.15, 0.2) is 57.0 Å². The van der Waals surface area contributed by atoms with Crippen molar-refractivity contribution in [3.8, 4) is 0 Å². The standard InChI is InChI=1S/C21H26BrN3O3S/c1-4-28-21(27)25-16(11-14(2)3)13-24-20(26)17-7-5-6-8-18(17)29-19-10-9-15(22)12-23-19/h5-10,12,14,16H,4,11,13H2,1-3H3,(H,24,26)(H,25,27). The summed E-state index contributed by atoms with van der Waals surface area (Å²) in [6, 6.07) is 11.0. The number of hydrogen-bond acceptors (Lipinski definition) is 5. The zero-order chi connectivity index (χ0) is 21.2. The quantitative estimate of drug-likeness (QED) is 0.535. The van der Waals surface area contributed by atoms with Gasteiger partial charge < -0.3 is 15.4 Å². The van der Waals surface area contributed by atoms with Crippen molar-refractivity contribution in [2.75, 3.05) is 13.2 Å². The van der Waals surface area contributed by atoms with Crippen LogP contribution in [-0.2, 0) is 4.74 Å². The number of carbonyl (C=O) groups is 2. The first kappa shape index (κ1) is 23.2. The number of ether oxygens (including phenoxy) is 1. The van der Waals surface area contributed by atoms with E-state index in [0.717, 1.165) is 20.8 Å². The summed E-state index contributed by atoms with van der Waals surface area (Å²) in [6.45, 7) is 6.53. The van der Waals surface area contributed by atoms with Gasteiger partial charge in [0.25, 0.3) is 5.91 Å². The van der Waals surface area contributed by atoms with Crippen molar-refractivity contribution in [3.05, 3.63) is 52.6 Å². The fourth-order valence-electron chi connectivity index (χ4n) is 2.69. The van der Waals surface area contributed by atoms with Gasteiger partial charge in [-0.1, -0.05) is 37.7 Å². The molecule has 6 nitrogen and oxygen atoms in total. The molecule has 0 aliphatic rings. The molecular formula is C21H26BrN3O3S. The first-order valence-electron chi connectivity index (χ1n) is 9.49. The molecule has 2 amide bonds. The highest BCUT2D eigenvalue weighted by Crippen LogP contribution is 2.29. The van der Waals surface area contributed by atoms with Crippen molar-refractivity contribution in [2.24, 2.45) is 5.92 Å². The maximum absolute atomic E-state index is 12.8. The van der Waals surface area contributed by atoms with Crippen molar-refractivity contribution >= 4 is 39.7 Å². The van der Waals surface area contributed by atoms with Crippen molar-refractivity contribution < 1.29 is 14.3 Å². The normalized spacial score (nSPS) is 11.8. The second-order valence-corrected chi connectivity index (χ2v) is 8.79. The summed E-state index contributed by atoms with van der Waals surface area (Å²) in [5.41, 5.74) is 0.571. The van der Waals surface area contributed by atoms with Gasteiger partial charge in [0, 0.05) is 28.2 Å². The van der Waals surface area contributed by atoms with Gasteiger partial charge >= 0.3 is 6.09 Å². The predicted octanol–water partition coefficient (Wildman–Crippen LogP) is 4.89. The molecular weight excluding hydrogens is 454 g/mol. The maximum Gasteiger partial charge on any atom is 0.407 e. The van der Waals surface area contributed by atoms with Crippen molar-refractivity contribution in [2.45, 2.75) is 43.2 Å². The first-order chi connectivity index (χ1) is 13.9. The van der Waals surface area contributed by atoms with Crippen LogP contribution in [0, 0.1) is 5.92 Å². The average Bonchev–Trinajstić information content (AvgIpc) is 2.68. The van der Waals surface area contributed by atoms with Crippen LogP contribution in [0.4, 0.5) is 4.79 Å². The number of benzene rings is 1. The number of amides is 2. The number of aromatic nitrogens is 1. The molecule has 1 unspecified atom stereocenters. The van der Waals surface area contributed by atoms with E-state index >= 15 is 0 Å². The Morgan fingerprint density at radius 1 is 1.21 bits per heavy atom. The molecule has 1 atom stereocenters. The number of nitrogens with one attached hydrogen (secondary N) is 2. The lowest BCUT2D eigenvalue weighted by atomic mass is 10.0. The lowest BCUT2D eigenvalue weighted by Crippen LogP contribution is -2.44. The van der Waals surface area contributed by atoms with Crippen molar-refractivity contribution in [3.63, 3.8) is 0 Å². The molecule has 2 rings (SSSR count). The fraction of sp³-hybridized carbons (Fsp3) is 0.381. The maximum atomic E-state index is 12.8. The van der Waals surface area contributed by atoms with E-state index in [1.807, 2.05) is 30.3 Å². The van der Waals surface area contributed by atoms with Gasteiger partial charge in [-0.15, -0.1) is 0 Å². The molecule has 1 aromatic heterocycles. The second-order valence-electron chi connectivity index (χ2n) is 6.81. The van der Waals surface area contributed by atoms with E-state index in [0.29, 0.717) is 24.6 Å². The van der Waals surface area contributed by atoms with E-state index in [1.54, 1.807) is 19.2 Å². The SMILES string of the molecule is CCOC(=O)NC(CNC(=O)c1ccccc1Sc1ccc(Br)cn1)CC(C)C. The summed E-state index contributed by atoms with van der Waals surface area (Å²) in [5.74, 6) is 0.176. The predicted molar refractivity (Wildman–Crippen MR) is 118 cm³/mol. The highest BCUT2D eigenvalue weighted by molar-refractivity contribution is 9.10. The van der Waals surface area contributed by atoms with Crippen LogP contribution in [0.2, 0.25) is 0 Å². The minimum Gasteiger partial charge on any atom is -0.450 e.